The Hall–Kier alpha value is -0.520. The number of rotatable bonds is 10. The van der Waals surface area contributed by atoms with Crippen LogP contribution in [0.25, 0.3) is 0 Å². The van der Waals surface area contributed by atoms with E-state index in [-0.39, 0.29) is 7.43 Å². The molecule has 0 amide bonds. The van der Waals surface area contributed by atoms with Gasteiger partial charge in [0.25, 0.3) is 0 Å². The molecule has 0 saturated heterocycles. The summed E-state index contributed by atoms with van der Waals surface area (Å²) >= 11 is 0. The summed E-state index contributed by atoms with van der Waals surface area (Å²) in [6.07, 6.45) is 13.1. The second-order valence-corrected chi connectivity index (χ2v) is 6.86. The summed E-state index contributed by atoms with van der Waals surface area (Å²) < 4.78 is 0. The van der Waals surface area contributed by atoms with Crippen LogP contribution in [0.1, 0.15) is 92.4 Å². The van der Waals surface area contributed by atoms with Gasteiger partial charge in [-0.05, 0) is 56.3 Å². The summed E-state index contributed by atoms with van der Waals surface area (Å²) in [4.78, 5) is 0. The lowest BCUT2D eigenvalue weighted by Crippen LogP contribution is -2.09. The van der Waals surface area contributed by atoms with Gasteiger partial charge in [-0.3, -0.25) is 0 Å². The van der Waals surface area contributed by atoms with Crippen LogP contribution in [0.3, 0.4) is 0 Å². The molecule has 0 aliphatic heterocycles. The zero-order valence-corrected chi connectivity index (χ0v) is 14.2. The molecule has 1 aliphatic carbocycles. The number of allylic oxidation sites excluding steroid dienone is 2. The zero-order valence-electron chi connectivity index (χ0n) is 14.2. The van der Waals surface area contributed by atoms with Crippen molar-refractivity contribution < 1.29 is 0 Å². The fourth-order valence-corrected chi connectivity index (χ4v) is 3.84. The lowest BCUT2D eigenvalue weighted by atomic mass is 9.85. The third-order valence-corrected chi connectivity index (χ3v) is 5.46. The second-order valence-electron chi connectivity index (χ2n) is 6.86. The first-order valence-corrected chi connectivity index (χ1v) is 8.96. The van der Waals surface area contributed by atoms with Crippen molar-refractivity contribution >= 4 is 0 Å². The van der Waals surface area contributed by atoms with Crippen LogP contribution in [0.2, 0.25) is 0 Å². The monoisotopic (exact) mass is 292 g/mol. The predicted octanol–water partition coefficient (Wildman–Crippen LogP) is 7.56. The SMILES string of the molecule is C.C=C(CCC(CC)CC)CCC1C(=C)CCC1CCC. The maximum atomic E-state index is 4.32. The highest BCUT2D eigenvalue weighted by atomic mass is 14.3. The molecule has 0 heteroatoms. The molecule has 21 heavy (non-hydrogen) atoms. The van der Waals surface area contributed by atoms with E-state index in [1.54, 1.807) is 0 Å². The summed E-state index contributed by atoms with van der Waals surface area (Å²) in [6, 6.07) is 0. The largest absolute Gasteiger partial charge is 0.0999 e. The van der Waals surface area contributed by atoms with Gasteiger partial charge in [0, 0.05) is 0 Å². The maximum Gasteiger partial charge on any atom is -0.0174 e. The van der Waals surface area contributed by atoms with Gasteiger partial charge in [-0.1, -0.05) is 78.2 Å². The average molecular weight is 293 g/mol. The van der Waals surface area contributed by atoms with Gasteiger partial charge in [0.2, 0.25) is 0 Å². The smallest absolute Gasteiger partial charge is 0.0174 e. The van der Waals surface area contributed by atoms with Gasteiger partial charge in [0.15, 0.2) is 0 Å². The summed E-state index contributed by atoms with van der Waals surface area (Å²) in [6.45, 7) is 15.6. The zero-order chi connectivity index (χ0) is 15.0. The number of hydrogen-bond acceptors (Lipinski definition) is 0. The molecule has 0 heterocycles. The Morgan fingerprint density at radius 3 is 2.38 bits per heavy atom. The Morgan fingerprint density at radius 2 is 1.81 bits per heavy atom. The molecule has 0 aromatic rings. The quantitative estimate of drug-likeness (QED) is 0.364. The van der Waals surface area contributed by atoms with Gasteiger partial charge in [-0.15, -0.1) is 0 Å². The molecule has 2 unspecified atom stereocenters. The molecule has 0 aromatic heterocycles. The van der Waals surface area contributed by atoms with Crippen molar-refractivity contribution in [1.82, 2.24) is 0 Å². The van der Waals surface area contributed by atoms with E-state index in [1.165, 1.54) is 75.4 Å². The fraction of sp³-hybridized carbons (Fsp3) is 0.810. The molecule has 1 rings (SSSR count). The van der Waals surface area contributed by atoms with Gasteiger partial charge in [-0.25, -0.2) is 0 Å². The van der Waals surface area contributed by atoms with Crippen LogP contribution in [-0.2, 0) is 0 Å². The fourth-order valence-electron chi connectivity index (χ4n) is 3.84. The molecule has 1 aliphatic rings. The van der Waals surface area contributed by atoms with Crippen LogP contribution in [0, 0.1) is 17.8 Å². The molecule has 2 atom stereocenters. The first-order valence-electron chi connectivity index (χ1n) is 8.96. The molecule has 0 aromatic carbocycles. The van der Waals surface area contributed by atoms with E-state index in [0.29, 0.717) is 0 Å². The predicted molar refractivity (Wildman–Crippen MR) is 98.7 cm³/mol. The molecular weight excluding hydrogens is 252 g/mol. The molecular formula is C21H40. The topological polar surface area (TPSA) is 0 Å². The van der Waals surface area contributed by atoms with Crippen LogP contribution in [-0.4, -0.2) is 0 Å². The molecule has 0 radical (unpaired) electrons. The molecule has 1 saturated carbocycles. The first-order chi connectivity index (χ1) is 9.62. The van der Waals surface area contributed by atoms with Crippen molar-refractivity contribution in [2.75, 3.05) is 0 Å². The van der Waals surface area contributed by atoms with Crippen LogP contribution < -0.4 is 0 Å². The minimum atomic E-state index is 0. The molecule has 0 nitrogen and oxygen atoms in total. The van der Waals surface area contributed by atoms with Gasteiger partial charge < -0.3 is 0 Å². The lowest BCUT2D eigenvalue weighted by molar-refractivity contribution is 0.368. The van der Waals surface area contributed by atoms with Gasteiger partial charge in [0.1, 0.15) is 0 Å². The first kappa shape index (κ1) is 20.5. The Balaban J connectivity index is 0.00000400. The van der Waals surface area contributed by atoms with Crippen LogP contribution >= 0.6 is 0 Å². The molecule has 124 valence electrons. The Morgan fingerprint density at radius 1 is 1.14 bits per heavy atom. The van der Waals surface area contributed by atoms with Crippen molar-refractivity contribution in [2.45, 2.75) is 92.4 Å². The van der Waals surface area contributed by atoms with Gasteiger partial charge >= 0.3 is 0 Å². The van der Waals surface area contributed by atoms with E-state index in [1.807, 2.05) is 0 Å². The van der Waals surface area contributed by atoms with Crippen molar-refractivity contribution in [3.8, 4) is 0 Å². The normalized spacial score (nSPS) is 21.6. The summed E-state index contributed by atoms with van der Waals surface area (Å²) in [5.41, 5.74) is 3.00. The van der Waals surface area contributed by atoms with Crippen LogP contribution in [0.5, 0.6) is 0 Å². The molecule has 0 N–H and O–H groups in total. The van der Waals surface area contributed by atoms with E-state index >= 15 is 0 Å². The highest BCUT2D eigenvalue weighted by molar-refractivity contribution is 5.10. The van der Waals surface area contributed by atoms with Crippen LogP contribution in [0.4, 0.5) is 0 Å². The van der Waals surface area contributed by atoms with Crippen molar-refractivity contribution in [1.29, 1.82) is 0 Å². The second kappa shape index (κ2) is 11.1. The van der Waals surface area contributed by atoms with Crippen molar-refractivity contribution in [2.24, 2.45) is 17.8 Å². The average Bonchev–Trinajstić information content (AvgIpc) is 2.79. The van der Waals surface area contributed by atoms with E-state index < -0.39 is 0 Å². The Labute approximate surface area is 135 Å². The van der Waals surface area contributed by atoms with Crippen molar-refractivity contribution in [3.63, 3.8) is 0 Å². The maximum absolute atomic E-state index is 4.32. The molecule has 1 fully saturated rings. The summed E-state index contributed by atoms with van der Waals surface area (Å²) in [5, 5.41) is 0. The summed E-state index contributed by atoms with van der Waals surface area (Å²) in [7, 11) is 0. The van der Waals surface area contributed by atoms with Crippen molar-refractivity contribution in [3.05, 3.63) is 24.3 Å². The highest BCUT2D eigenvalue weighted by Gasteiger charge is 2.29. The van der Waals surface area contributed by atoms with Crippen LogP contribution in [0.15, 0.2) is 24.3 Å². The van der Waals surface area contributed by atoms with Gasteiger partial charge in [-0.2, -0.15) is 0 Å². The third kappa shape index (κ3) is 6.85. The van der Waals surface area contributed by atoms with E-state index in [0.717, 1.165) is 17.8 Å². The van der Waals surface area contributed by atoms with E-state index in [9.17, 15) is 0 Å². The highest BCUT2D eigenvalue weighted by Crippen LogP contribution is 2.41. The molecule has 0 bridgehead atoms. The van der Waals surface area contributed by atoms with Gasteiger partial charge in [0.05, 0.1) is 0 Å². The third-order valence-electron chi connectivity index (χ3n) is 5.46. The standard InChI is InChI=1S/C20H36.CH4/c1-6-9-19-14-12-17(5)20(19)15-11-16(4)10-13-18(7-2)8-3;/h18-20H,4-15H2,1-3H3;1H4. The molecule has 0 spiro atoms. The minimum Gasteiger partial charge on any atom is -0.0999 e. The minimum absolute atomic E-state index is 0. The Kier molecular flexibility index (Phi) is 10.8. The Bertz CT molecular complexity index is 295. The lowest BCUT2D eigenvalue weighted by Gasteiger charge is -2.21. The summed E-state index contributed by atoms with van der Waals surface area (Å²) in [5.74, 6) is 2.61. The van der Waals surface area contributed by atoms with E-state index in [4.69, 9.17) is 0 Å². The number of hydrogen-bond donors (Lipinski definition) is 0. The van der Waals surface area contributed by atoms with E-state index in [2.05, 4.69) is 33.9 Å².